The van der Waals surface area contributed by atoms with Crippen molar-refractivity contribution in [1.82, 2.24) is 5.32 Å². The molecule has 20 heavy (non-hydrogen) atoms. The Morgan fingerprint density at radius 1 is 1.20 bits per heavy atom. The van der Waals surface area contributed by atoms with Gasteiger partial charge in [0.2, 0.25) is 0 Å². The molecule has 1 saturated carbocycles. The Kier molecular flexibility index (Phi) is 6.02. The molecular formula is C17H27NO2. The summed E-state index contributed by atoms with van der Waals surface area (Å²) in [7, 11) is 0. The number of hydrogen-bond acceptors (Lipinski definition) is 3. The summed E-state index contributed by atoms with van der Waals surface area (Å²) < 4.78 is 11.6. The minimum Gasteiger partial charge on any atom is -0.376 e. The van der Waals surface area contributed by atoms with Crippen LogP contribution in [-0.4, -0.2) is 31.9 Å². The van der Waals surface area contributed by atoms with Crippen molar-refractivity contribution in [3.05, 3.63) is 35.4 Å². The molecule has 0 spiro atoms. The van der Waals surface area contributed by atoms with Crippen LogP contribution >= 0.6 is 0 Å². The summed E-state index contributed by atoms with van der Waals surface area (Å²) in [4.78, 5) is 0. The van der Waals surface area contributed by atoms with Gasteiger partial charge < -0.3 is 14.8 Å². The van der Waals surface area contributed by atoms with E-state index in [-0.39, 0.29) is 12.2 Å². The van der Waals surface area contributed by atoms with E-state index in [0.29, 0.717) is 19.3 Å². The summed E-state index contributed by atoms with van der Waals surface area (Å²) in [5.74, 6) is 0. The number of nitrogens with one attached hydrogen (secondary N) is 1. The first kappa shape index (κ1) is 15.5. The third kappa shape index (κ3) is 5.61. The van der Waals surface area contributed by atoms with Crippen LogP contribution in [0.5, 0.6) is 0 Å². The van der Waals surface area contributed by atoms with Gasteiger partial charge in [-0.2, -0.15) is 0 Å². The number of benzene rings is 1. The van der Waals surface area contributed by atoms with Crippen molar-refractivity contribution in [2.24, 2.45) is 0 Å². The first-order chi connectivity index (χ1) is 9.65. The molecule has 1 unspecified atom stereocenters. The van der Waals surface area contributed by atoms with Crippen molar-refractivity contribution in [1.29, 1.82) is 0 Å². The fourth-order valence-electron chi connectivity index (χ4n) is 2.18. The van der Waals surface area contributed by atoms with Crippen LogP contribution in [-0.2, 0) is 9.47 Å². The number of rotatable bonds is 9. The van der Waals surface area contributed by atoms with Crippen LogP contribution < -0.4 is 5.32 Å². The van der Waals surface area contributed by atoms with Crippen molar-refractivity contribution >= 4 is 0 Å². The van der Waals surface area contributed by atoms with Gasteiger partial charge in [-0.25, -0.2) is 0 Å². The van der Waals surface area contributed by atoms with Crippen LogP contribution in [0.4, 0.5) is 0 Å². The van der Waals surface area contributed by atoms with E-state index in [1.165, 1.54) is 24.0 Å². The second kappa shape index (κ2) is 7.77. The lowest BCUT2D eigenvalue weighted by Crippen LogP contribution is -2.26. The molecule has 0 radical (unpaired) electrons. The molecule has 2 rings (SSSR count). The number of ether oxygens (including phenoxy) is 2. The Hall–Kier alpha value is -0.900. The lowest BCUT2D eigenvalue weighted by atomic mass is 10.1. The van der Waals surface area contributed by atoms with E-state index in [1.54, 1.807) is 0 Å². The van der Waals surface area contributed by atoms with Crippen molar-refractivity contribution in [3.63, 3.8) is 0 Å². The Balaban J connectivity index is 1.85. The highest BCUT2D eigenvalue weighted by atomic mass is 16.5. The molecule has 3 nitrogen and oxygen atoms in total. The molecule has 0 bridgehead atoms. The van der Waals surface area contributed by atoms with Gasteiger partial charge in [0.25, 0.3) is 0 Å². The van der Waals surface area contributed by atoms with Gasteiger partial charge in [0.05, 0.1) is 25.4 Å². The highest BCUT2D eigenvalue weighted by Crippen LogP contribution is 2.22. The molecule has 0 heterocycles. The fourth-order valence-corrected chi connectivity index (χ4v) is 2.18. The molecule has 0 amide bonds. The highest BCUT2D eigenvalue weighted by molar-refractivity contribution is 5.24. The fraction of sp³-hybridized carbons (Fsp3) is 0.647. The second-order valence-corrected chi connectivity index (χ2v) is 5.88. The zero-order valence-corrected chi connectivity index (χ0v) is 12.9. The summed E-state index contributed by atoms with van der Waals surface area (Å²) in [6, 6.07) is 9.29. The number of aryl methyl sites for hydroxylation is 1. The molecule has 1 aromatic rings. The third-order valence-electron chi connectivity index (χ3n) is 3.44. The predicted molar refractivity (Wildman–Crippen MR) is 82.0 cm³/mol. The van der Waals surface area contributed by atoms with Crippen molar-refractivity contribution in [3.8, 4) is 0 Å². The summed E-state index contributed by atoms with van der Waals surface area (Å²) in [6.07, 6.45) is 2.99. The molecule has 112 valence electrons. The van der Waals surface area contributed by atoms with E-state index in [0.717, 1.165) is 6.54 Å². The van der Waals surface area contributed by atoms with Crippen molar-refractivity contribution in [2.75, 3.05) is 19.8 Å². The molecule has 1 aromatic carbocycles. The van der Waals surface area contributed by atoms with Crippen LogP contribution in [0, 0.1) is 6.92 Å². The van der Waals surface area contributed by atoms with Gasteiger partial charge in [-0.15, -0.1) is 0 Å². The monoisotopic (exact) mass is 277 g/mol. The zero-order chi connectivity index (χ0) is 14.4. The highest BCUT2D eigenvalue weighted by Gasteiger charge is 2.22. The average molecular weight is 277 g/mol. The molecule has 0 saturated heterocycles. The minimum absolute atomic E-state index is 0.117. The largest absolute Gasteiger partial charge is 0.376 e. The van der Waals surface area contributed by atoms with Gasteiger partial charge in [0, 0.05) is 12.6 Å². The molecule has 0 aliphatic heterocycles. The molecule has 1 N–H and O–H groups in total. The Morgan fingerprint density at radius 2 is 1.95 bits per heavy atom. The summed E-state index contributed by atoms with van der Waals surface area (Å²) in [5, 5.41) is 3.56. The van der Waals surface area contributed by atoms with Gasteiger partial charge >= 0.3 is 0 Å². The van der Waals surface area contributed by atoms with E-state index in [1.807, 2.05) is 13.8 Å². The molecular weight excluding hydrogens is 250 g/mol. The first-order valence-corrected chi connectivity index (χ1v) is 7.68. The van der Waals surface area contributed by atoms with Crippen LogP contribution in [0.15, 0.2) is 24.3 Å². The minimum atomic E-state index is 0.117. The smallest absolute Gasteiger partial charge is 0.0950 e. The summed E-state index contributed by atoms with van der Waals surface area (Å²) in [6.45, 7) is 8.40. The standard InChI is InChI=1S/C17H27NO2/c1-13(2)19-9-10-20-17(12-18-16-7-8-16)15-6-4-5-14(3)11-15/h4-6,11,13,16-18H,7-10,12H2,1-3H3. The van der Waals surface area contributed by atoms with E-state index in [9.17, 15) is 0 Å². The van der Waals surface area contributed by atoms with Gasteiger partial charge in [-0.1, -0.05) is 29.8 Å². The SMILES string of the molecule is Cc1cccc(C(CNC2CC2)OCCOC(C)C)c1. The quantitative estimate of drug-likeness (QED) is 0.703. The molecule has 3 heteroatoms. The van der Waals surface area contributed by atoms with Gasteiger partial charge in [-0.3, -0.25) is 0 Å². The van der Waals surface area contributed by atoms with Gasteiger partial charge in [0.1, 0.15) is 0 Å². The normalized spacial score (nSPS) is 16.6. The maximum absolute atomic E-state index is 6.02. The molecule has 1 atom stereocenters. The van der Waals surface area contributed by atoms with E-state index in [2.05, 4.69) is 36.5 Å². The zero-order valence-electron chi connectivity index (χ0n) is 12.9. The second-order valence-electron chi connectivity index (χ2n) is 5.88. The Bertz CT molecular complexity index is 402. The average Bonchev–Trinajstić information content (AvgIpc) is 3.21. The predicted octanol–water partition coefficient (Wildman–Crippen LogP) is 3.23. The lowest BCUT2D eigenvalue weighted by Gasteiger charge is -2.20. The molecule has 1 aliphatic carbocycles. The first-order valence-electron chi connectivity index (χ1n) is 7.68. The Morgan fingerprint density at radius 3 is 2.60 bits per heavy atom. The van der Waals surface area contributed by atoms with E-state index in [4.69, 9.17) is 9.47 Å². The van der Waals surface area contributed by atoms with Crippen molar-refractivity contribution < 1.29 is 9.47 Å². The van der Waals surface area contributed by atoms with Crippen LogP contribution in [0.25, 0.3) is 0 Å². The van der Waals surface area contributed by atoms with Crippen LogP contribution in [0.1, 0.15) is 43.9 Å². The van der Waals surface area contributed by atoms with E-state index < -0.39 is 0 Å². The van der Waals surface area contributed by atoms with Crippen LogP contribution in [0.3, 0.4) is 0 Å². The third-order valence-corrected chi connectivity index (χ3v) is 3.44. The summed E-state index contributed by atoms with van der Waals surface area (Å²) >= 11 is 0. The molecule has 0 aromatic heterocycles. The topological polar surface area (TPSA) is 30.5 Å². The summed E-state index contributed by atoms with van der Waals surface area (Å²) in [5.41, 5.74) is 2.53. The van der Waals surface area contributed by atoms with Gasteiger partial charge in [-0.05, 0) is 39.2 Å². The molecule has 1 fully saturated rings. The maximum atomic E-state index is 6.02. The maximum Gasteiger partial charge on any atom is 0.0950 e. The van der Waals surface area contributed by atoms with Crippen molar-refractivity contribution in [2.45, 2.75) is 51.9 Å². The lowest BCUT2D eigenvalue weighted by molar-refractivity contribution is -0.0131. The van der Waals surface area contributed by atoms with Crippen LogP contribution in [0.2, 0.25) is 0 Å². The van der Waals surface area contributed by atoms with Gasteiger partial charge in [0.15, 0.2) is 0 Å². The Labute approximate surface area is 122 Å². The number of hydrogen-bond donors (Lipinski definition) is 1. The van der Waals surface area contributed by atoms with E-state index >= 15 is 0 Å². The molecule has 1 aliphatic rings.